The van der Waals surface area contributed by atoms with Gasteiger partial charge in [0.25, 0.3) is 0 Å². The van der Waals surface area contributed by atoms with E-state index in [0.29, 0.717) is 17.7 Å². The zero-order chi connectivity index (χ0) is 19.8. The number of rotatable bonds is 5. The Morgan fingerprint density at radius 1 is 1.19 bits per heavy atom. The first kappa shape index (κ1) is 19.1. The van der Waals surface area contributed by atoms with E-state index in [9.17, 15) is 18.3 Å². The van der Waals surface area contributed by atoms with Crippen LogP contribution < -0.4 is 0 Å². The molecule has 0 unspecified atom stereocenters. The van der Waals surface area contributed by atoms with Crippen LogP contribution in [0.15, 0.2) is 47.4 Å². The van der Waals surface area contributed by atoms with Gasteiger partial charge in [-0.25, -0.2) is 13.5 Å². The number of ketones is 1. The van der Waals surface area contributed by atoms with Crippen LogP contribution in [0.4, 0.5) is 0 Å². The largest absolute Gasteiger partial charge is 0.493 e. The number of carbonyl (C=O) groups is 1. The molecule has 0 amide bonds. The van der Waals surface area contributed by atoms with E-state index in [4.69, 9.17) is 11.6 Å². The number of carbonyl (C=O) groups excluding carboxylic acids is 1. The fourth-order valence-corrected chi connectivity index (χ4v) is 4.24. The molecule has 1 heterocycles. The number of aromatic hydroxyl groups is 1. The highest BCUT2D eigenvalue weighted by Gasteiger charge is 2.27. The molecule has 0 spiro atoms. The molecule has 0 saturated heterocycles. The van der Waals surface area contributed by atoms with Gasteiger partial charge in [-0.1, -0.05) is 48.9 Å². The van der Waals surface area contributed by atoms with Gasteiger partial charge in [0.1, 0.15) is 5.56 Å². The summed E-state index contributed by atoms with van der Waals surface area (Å²) in [7, 11) is -3.59. The molecule has 8 heteroatoms. The molecule has 0 saturated carbocycles. The van der Waals surface area contributed by atoms with E-state index < -0.39 is 15.6 Å². The maximum Gasteiger partial charge on any atom is 0.218 e. The fraction of sp³-hybridized carbons (Fsp3) is 0.158. The molecule has 1 aromatic heterocycles. The molecule has 27 heavy (non-hydrogen) atoms. The van der Waals surface area contributed by atoms with Crippen LogP contribution in [0.3, 0.4) is 0 Å². The summed E-state index contributed by atoms with van der Waals surface area (Å²) in [4.78, 5) is 13.0. The van der Waals surface area contributed by atoms with E-state index in [0.717, 1.165) is 6.26 Å². The van der Waals surface area contributed by atoms with Gasteiger partial charge in [-0.05, 0) is 24.1 Å². The van der Waals surface area contributed by atoms with Crippen LogP contribution >= 0.6 is 11.6 Å². The van der Waals surface area contributed by atoms with Crippen molar-refractivity contribution in [3.8, 4) is 17.0 Å². The molecule has 6 nitrogen and oxygen atoms in total. The van der Waals surface area contributed by atoms with Gasteiger partial charge in [-0.3, -0.25) is 4.79 Å². The van der Waals surface area contributed by atoms with E-state index in [1.54, 1.807) is 37.3 Å². The van der Waals surface area contributed by atoms with E-state index in [2.05, 4.69) is 10.2 Å². The van der Waals surface area contributed by atoms with Crippen LogP contribution in [-0.2, 0) is 16.3 Å². The lowest BCUT2D eigenvalue weighted by Gasteiger charge is -2.14. The lowest BCUT2D eigenvalue weighted by atomic mass is 9.97. The fourth-order valence-electron chi connectivity index (χ4n) is 2.91. The lowest BCUT2D eigenvalue weighted by Crippen LogP contribution is -2.08. The van der Waals surface area contributed by atoms with Crippen LogP contribution in [0.25, 0.3) is 11.1 Å². The predicted octanol–water partition coefficient (Wildman–Crippen LogP) is 3.63. The number of hydrogen-bond acceptors (Lipinski definition) is 5. The topological polar surface area (TPSA) is 100 Å². The molecule has 0 radical (unpaired) electrons. The molecule has 2 N–H and O–H groups in total. The van der Waals surface area contributed by atoms with Crippen LogP contribution in [0.5, 0.6) is 5.88 Å². The average Bonchev–Trinajstić information content (AvgIpc) is 3.01. The summed E-state index contributed by atoms with van der Waals surface area (Å²) >= 11 is 6.52. The summed E-state index contributed by atoms with van der Waals surface area (Å²) in [6, 6.07) is 11.5. The smallest absolute Gasteiger partial charge is 0.218 e. The van der Waals surface area contributed by atoms with Crippen molar-refractivity contribution in [3.63, 3.8) is 0 Å². The molecule has 0 fully saturated rings. The molecule has 140 valence electrons. The third-order valence-corrected chi connectivity index (χ3v) is 5.73. The first-order valence-electron chi connectivity index (χ1n) is 8.14. The molecular formula is C19H17ClN2O4S. The lowest BCUT2D eigenvalue weighted by molar-refractivity contribution is 0.103. The minimum atomic E-state index is -3.59. The van der Waals surface area contributed by atoms with Crippen LogP contribution in [0, 0.1) is 0 Å². The summed E-state index contributed by atoms with van der Waals surface area (Å²) in [6.07, 6.45) is 1.52. The number of nitrogens with one attached hydrogen (secondary N) is 1. The Morgan fingerprint density at radius 2 is 1.85 bits per heavy atom. The third kappa shape index (κ3) is 3.48. The van der Waals surface area contributed by atoms with Crippen LogP contribution in [-0.4, -0.2) is 35.8 Å². The standard InChI is InChI=1S/C19H17ClN2O4S/c1-3-13-16(19(24)22-21-13)18(23)12-9-10-14(27(2,25)26)15(17(12)20)11-7-5-4-6-8-11/h4-10H,3H2,1-2H3,(H2,21,22,24). The predicted molar refractivity (Wildman–Crippen MR) is 103 cm³/mol. The second kappa shape index (κ2) is 7.17. The Kier molecular flexibility index (Phi) is 5.08. The number of H-pyrrole nitrogens is 1. The monoisotopic (exact) mass is 404 g/mol. The van der Waals surface area contributed by atoms with E-state index in [-0.39, 0.29) is 32.5 Å². The Balaban J connectivity index is 2.28. The summed E-state index contributed by atoms with van der Waals surface area (Å²) in [5.41, 5.74) is 1.36. The van der Waals surface area contributed by atoms with Crippen LogP contribution in [0.2, 0.25) is 5.02 Å². The highest BCUT2D eigenvalue weighted by Crippen LogP contribution is 2.38. The minimum Gasteiger partial charge on any atom is -0.493 e. The number of nitrogens with zero attached hydrogens (tertiary/aromatic N) is 1. The van der Waals surface area contributed by atoms with E-state index in [1.807, 2.05) is 0 Å². The Bertz CT molecular complexity index is 1120. The van der Waals surface area contributed by atoms with Gasteiger partial charge in [-0.2, -0.15) is 5.10 Å². The third-order valence-electron chi connectivity index (χ3n) is 4.19. The number of aromatic nitrogens is 2. The summed E-state index contributed by atoms with van der Waals surface area (Å²) in [5.74, 6) is -0.873. The van der Waals surface area contributed by atoms with E-state index in [1.165, 1.54) is 12.1 Å². The normalized spacial score (nSPS) is 11.5. The first-order valence-corrected chi connectivity index (χ1v) is 10.4. The van der Waals surface area contributed by atoms with Gasteiger partial charge in [-0.15, -0.1) is 0 Å². The molecule has 0 atom stereocenters. The van der Waals surface area contributed by atoms with Gasteiger partial charge in [0.05, 0.1) is 15.6 Å². The first-order chi connectivity index (χ1) is 12.8. The molecule has 0 aliphatic carbocycles. The summed E-state index contributed by atoms with van der Waals surface area (Å²) < 4.78 is 24.5. The minimum absolute atomic E-state index is 0.0109. The number of hydrogen-bond donors (Lipinski definition) is 2. The highest BCUT2D eigenvalue weighted by molar-refractivity contribution is 7.90. The van der Waals surface area contributed by atoms with Gasteiger partial charge in [0.2, 0.25) is 11.7 Å². The van der Waals surface area contributed by atoms with Crippen molar-refractivity contribution in [2.45, 2.75) is 18.2 Å². The molecular weight excluding hydrogens is 388 g/mol. The molecule has 3 aromatic rings. The van der Waals surface area contributed by atoms with Crippen molar-refractivity contribution >= 4 is 27.2 Å². The zero-order valence-electron chi connectivity index (χ0n) is 14.7. The Hall–Kier alpha value is -2.64. The van der Waals surface area contributed by atoms with Crippen molar-refractivity contribution in [1.29, 1.82) is 0 Å². The maximum absolute atomic E-state index is 13.0. The molecule has 3 rings (SSSR count). The molecule has 2 aromatic carbocycles. The zero-order valence-corrected chi connectivity index (χ0v) is 16.2. The van der Waals surface area contributed by atoms with Crippen LogP contribution in [0.1, 0.15) is 28.5 Å². The van der Waals surface area contributed by atoms with Crippen molar-refractivity contribution in [1.82, 2.24) is 10.2 Å². The number of sulfone groups is 1. The Labute approximate surface area is 161 Å². The average molecular weight is 405 g/mol. The Morgan fingerprint density at radius 3 is 2.44 bits per heavy atom. The maximum atomic E-state index is 13.0. The summed E-state index contributed by atoms with van der Waals surface area (Å²) in [6.45, 7) is 1.80. The van der Waals surface area contributed by atoms with Gasteiger partial charge < -0.3 is 5.11 Å². The molecule has 0 bridgehead atoms. The SMILES string of the molecule is CCc1n[nH]c(O)c1C(=O)c1ccc(S(C)(=O)=O)c(-c2ccccc2)c1Cl. The number of halogens is 1. The summed E-state index contributed by atoms with van der Waals surface area (Å²) in [5, 5.41) is 16.3. The highest BCUT2D eigenvalue weighted by atomic mass is 35.5. The van der Waals surface area contributed by atoms with Gasteiger partial charge >= 0.3 is 0 Å². The number of benzene rings is 2. The van der Waals surface area contributed by atoms with Crippen molar-refractivity contribution < 1.29 is 18.3 Å². The van der Waals surface area contributed by atoms with E-state index >= 15 is 0 Å². The van der Waals surface area contributed by atoms with Crippen molar-refractivity contribution in [3.05, 3.63) is 64.3 Å². The number of aryl methyl sites for hydroxylation is 1. The molecule has 0 aliphatic heterocycles. The van der Waals surface area contributed by atoms with Gasteiger partial charge in [0, 0.05) is 17.4 Å². The van der Waals surface area contributed by atoms with Gasteiger partial charge in [0.15, 0.2) is 9.84 Å². The van der Waals surface area contributed by atoms with Crippen molar-refractivity contribution in [2.75, 3.05) is 6.26 Å². The quantitative estimate of drug-likeness (QED) is 0.632. The second-order valence-electron chi connectivity index (χ2n) is 6.02. The second-order valence-corrected chi connectivity index (χ2v) is 8.38. The van der Waals surface area contributed by atoms with Crippen molar-refractivity contribution in [2.24, 2.45) is 0 Å². The number of aromatic amines is 1. The molecule has 0 aliphatic rings.